The first-order chi connectivity index (χ1) is 7.05. The summed E-state index contributed by atoms with van der Waals surface area (Å²) >= 11 is 0. The molecule has 0 bridgehead atoms. The maximum atomic E-state index is 11.0. The summed E-state index contributed by atoms with van der Waals surface area (Å²) in [7, 11) is -7.24. The van der Waals surface area contributed by atoms with E-state index in [0.717, 1.165) is 12.5 Å². The lowest BCUT2D eigenvalue weighted by Gasteiger charge is -2.21. The molecule has 0 aliphatic heterocycles. The monoisotopic (exact) mass is 274 g/mol. The molecule has 0 saturated heterocycles. The molecule has 0 aromatic rings. The van der Waals surface area contributed by atoms with E-state index in [1.807, 2.05) is 6.92 Å². The summed E-state index contributed by atoms with van der Waals surface area (Å²) in [5.74, 6) is 0. The average molecular weight is 274 g/mol. The quantitative estimate of drug-likeness (QED) is 0.628. The average Bonchev–Trinajstić information content (AvgIpc) is 1.97. The fourth-order valence-corrected chi connectivity index (χ4v) is 2.58. The molecule has 0 aromatic carbocycles. The van der Waals surface area contributed by atoms with E-state index in [9.17, 15) is 16.8 Å². The molecule has 0 saturated carbocycles. The predicted octanol–water partition coefficient (Wildman–Crippen LogP) is 0.496. The van der Waals surface area contributed by atoms with Gasteiger partial charge < -0.3 is 0 Å². The predicted molar refractivity (Wildman–Crippen MR) is 60.0 cm³/mol. The third-order valence-corrected chi connectivity index (χ3v) is 2.97. The zero-order chi connectivity index (χ0) is 13.0. The summed E-state index contributed by atoms with van der Waals surface area (Å²) in [5, 5.41) is 0. The van der Waals surface area contributed by atoms with Crippen molar-refractivity contribution in [2.24, 2.45) is 0 Å². The van der Waals surface area contributed by atoms with Crippen LogP contribution < -0.4 is 0 Å². The normalized spacial score (nSPS) is 17.0. The zero-order valence-electron chi connectivity index (χ0n) is 9.83. The van der Waals surface area contributed by atoms with Crippen LogP contribution in [0.3, 0.4) is 0 Å². The van der Waals surface area contributed by atoms with Crippen LogP contribution >= 0.6 is 0 Å². The van der Waals surface area contributed by atoms with E-state index in [0.29, 0.717) is 12.8 Å². The fourth-order valence-electron chi connectivity index (χ4n) is 1.21. The molecule has 98 valence electrons. The van der Waals surface area contributed by atoms with Crippen molar-refractivity contribution in [3.63, 3.8) is 0 Å². The van der Waals surface area contributed by atoms with E-state index >= 15 is 0 Å². The van der Waals surface area contributed by atoms with Crippen LogP contribution in [0, 0.1) is 0 Å². The fraction of sp³-hybridized carbons (Fsp3) is 1.00. The van der Waals surface area contributed by atoms with Gasteiger partial charge >= 0.3 is 0 Å². The van der Waals surface area contributed by atoms with Gasteiger partial charge in [0.25, 0.3) is 20.2 Å². The van der Waals surface area contributed by atoms with E-state index < -0.39 is 32.4 Å². The highest BCUT2D eigenvalue weighted by atomic mass is 32.2. The van der Waals surface area contributed by atoms with Crippen molar-refractivity contribution >= 4 is 20.2 Å². The van der Waals surface area contributed by atoms with Gasteiger partial charge in [-0.2, -0.15) is 16.8 Å². The van der Waals surface area contributed by atoms with Crippen LogP contribution in [0.15, 0.2) is 0 Å². The zero-order valence-corrected chi connectivity index (χ0v) is 11.5. The van der Waals surface area contributed by atoms with Gasteiger partial charge in [0.1, 0.15) is 12.2 Å². The lowest BCUT2D eigenvalue weighted by atomic mass is 10.1. The molecule has 2 unspecified atom stereocenters. The highest BCUT2D eigenvalue weighted by molar-refractivity contribution is 7.86. The second-order valence-electron chi connectivity index (χ2n) is 3.63. The first-order valence-electron chi connectivity index (χ1n) is 4.81. The Morgan fingerprint density at radius 2 is 1.44 bits per heavy atom. The minimum absolute atomic E-state index is 0.407. The van der Waals surface area contributed by atoms with Crippen molar-refractivity contribution in [1.29, 1.82) is 0 Å². The van der Waals surface area contributed by atoms with Crippen LogP contribution in [0.25, 0.3) is 0 Å². The van der Waals surface area contributed by atoms with Crippen molar-refractivity contribution in [3.05, 3.63) is 0 Å². The highest BCUT2D eigenvalue weighted by Crippen LogP contribution is 2.14. The molecule has 0 aliphatic carbocycles. The first kappa shape index (κ1) is 15.8. The van der Waals surface area contributed by atoms with Crippen molar-refractivity contribution in [2.75, 3.05) is 12.5 Å². The standard InChI is InChI=1S/C8H18O6S2/c1-5-6-8(14-16(4,11)12)7(2)13-15(3,9)10/h7-8H,5-6H2,1-4H3. The topological polar surface area (TPSA) is 86.7 Å². The molecule has 2 atom stereocenters. The number of hydrogen-bond acceptors (Lipinski definition) is 6. The largest absolute Gasteiger partial charge is 0.264 e. The molecule has 6 nitrogen and oxygen atoms in total. The molecule has 0 N–H and O–H groups in total. The summed E-state index contributed by atoms with van der Waals surface area (Å²) in [6.07, 6.45) is 1.29. The van der Waals surface area contributed by atoms with E-state index in [4.69, 9.17) is 4.18 Å². The molecule has 0 spiro atoms. The van der Waals surface area contributed by atoms with Gasteiger partial charge in [-0.25, -0.2) is 0 Å². The minimum atomic E-state index is -3.62. The maximum absolute atomic E-state index is 11.0. The van der Waals surface area contributed by atoms with E-state index in [1.165, 1.54) is 6.92 Å². The lowest BCUT2D eigenvalue weighted by molar-refractivity contribution is 0.0696. The van der Waals surface area contributed by atoms with Crippen LogP contribution in [0.5, 0.6) is 0 Å². The Bertz CT molecular complexity index is 396. The SMILES string of the molecule is CCCC(OS(C)(=O)=O)C(C)OS(C)(=O)=O. The van der Waals surface area contributed by atoms with E-state index in [2.05, 4.69) is 4.18 Å². The Balaban J connectivity index is 4.65. The van der Waals surface area contributed by atoms with Gasteiger partial charge in [-0.1, -0.05) is 13.3 Å². The molecular formula is C8H18O6S2. The highest BCUT2D eigenvalue weighted by Gasteiger charge is 2.25. The van der Waals surface area contributed by atoms with Crippen LogP contribution in [0.4, 0.5) is 0 Å². The Morgan fingerprint density at radius 1 is 1.00 bits per heavy atom. The Labute approximate surface area is 97.2 Å². The van der Waals surface area contributed by atoms with Gasteiger partial charge in [-0.05, 0) is 13.3 Å². The smallest absolute Gasteiger partial charge is 0.264 e. The summed E-state index contributed by atoms with van der Waals surface area (Å²) in [6.45, 7) is 3.30. The molecule has 0 aromatic heterocycles. The first-order valence-corrected chi connectivity index (χ1v) is 8.45. The van der Waals surface area contributed by atoms with Crippen molar-refractivity contribution in [3.8, 4) is 0 Å². The molecule has 0 radical (unpaired) electrons. The number of rotatable bonds is 7. The van der Waals surface area contributed by atoms with Gasteiger partial charge in [0, 0.05) is 0 Å². The summed E-state index contributed by atoms with van der Waals surface area (Å²) in [5.41, 5.74) is 0. The maximum Gasteiger partial charge on any atom is 0.264 e. The molecule has 0 aliphatic rings. The molecular weight excluding hydrogens is 256 g/mol. The van der Waals surface area contributed by atoms with Crippen molar-refractivity contribution < 1.29 is 25.2 Å². The summed E-state index contributed by atoms with van der Waals surface area (Å²) in [6, 6.07) is 0. The molecule has 16 heavy (non-hydrogen) atoms. The van der Waals surface area contributed by atoms with Crippen molar-refractivity contribution in [1.82, 2.24) is 0 Å². The summed E-state index contributed by atoms with van der Waals surface area (Å²) in [4.78, 5) is 0. The third-order valence-electron chi connectivity index (χ3n) is 1.72. The Hall–Kier alpha value is -0.180. The van der Waals surface area contributed by atoms with Crippen molar-refractivity contribution in [2.45, 2.75) is 38.9 Å². The van der Waals surface area contributed by atoms with Gasteiger partial charge in [-0.3, -0.25) is 8.37 Å². The van der Waals surface area contributed by atoms with Crippen LogP contribution in [-0.2, 0) is 28.6 Å². The van der Waals surface area contributed by atoms with E-state index in [-0.39, 0.29) is 0 Å². The van der Waals surface area contributed by atoms with E-state index in [1.54, 1.807) is 0 Å². The summed E-state index contributed by atoms with van der Waals surface area (Å²) < 4.78 is 53.1. The molecule has 0 fully saturated rings. The Morgan fingerprint density at radius 3 is 1.75 bits per heavy atom. The molecule has 0 amide bonds. The second kappa shape index (κ2) is 5.95. The lowest BCUT2D eigenvalue weighted by Crippen LogP contribution is -2.32. The van der Waals surface area contributed by atoms with Gasteiger partial charge in [0.2, 0.25) is 0 Å². The van der Waals surface area contributed by atoms with Crippen LogP contribution in [-0.4, -0.2) is 41.6 Å². The number of hydrogen-bond donors (Lipinski definition) is 0. The minimum Gasteiger partial charge on any atom is -0.264 e. The van der Waals surface area contributed by atoms with Crippen LogP contribution in [0.2, 0.25) is 0 Å². The molecule has 0 heterocycles. The van der Waals surface area contributed by atoms with Crippen LogP contribution in [0.1, 0.15) is 26.7 Å². The third kappa shape index (κ3) is 8.03. The van der Waals surface area contributed by atoms with Gasteiger partial charge in [-0.15, -0.1) is 0 Å². The Kier molecular flexibility index (Phi) is 5.88. The molecule has 0 rings (SSSR count). The molecule has 8 heteroatoms. The van der Waals surface area contributed by atoms with Gasteiger partial charge in [0.15, 0.2) is 0 Å². The van der Waals surface area contributed by atoms with Gasteiger partial charge in [0.05, 0.1) is 12.5 Å². The second-order valence-corrected chi connectivity index (χ2v) is 6.83.